The predicted octanol–water partition coefficient (Wildman–Crippen LogP) is 3.84. The van der Waals surface area contributed by atoms with Gasteiger partial charge in [0.25, 0.3) is 0 Å². The molecule has 2 amide bonds. The Morgan fingerprint density at radius 1 is 1.04 bits per heavy atom. The monoisotopic (exact) mass is 360 g/mol. The summed E-state index contributed by atoms with van der Waals surface area (Å²) in [6.07, 6.45) is 5.53. The van der Waals surface area contributed by atoms with Gasteiger partial charge < -0.3 is 10.6 Å². The van der Waals surface area contributed by atoms with Crippen LogP contribution in [0, 0.1) is 5.82 Å². The highest BCUT2D eigenvalue weighted by molar-refractivity contribution is 7.10. The molecule has 3 rings (SSSR count). The van der Waals surface area contributed by atoms with Gasteiger partial charge in [-0.05, 0) is 48.6 Å². The van der Waals surface area contributed by atoms with Crippen molar-refractivity contribution in [1.82, 2.24) is 5.32 Å². The highest BCUT2D eigenvalue weighted by atomic mass is 32.1. The second-order valence-electron chi connectivity index (χ2n) is 6.46. The van der Waals surface area contributed by atoms with Gasteiger partial charge in [-0.2, -0.15) is 0 Å². The van der Waals surface area contributed by atoms with Crippen LogP contribution in [-0.2, 0) is 15.0 Å². The smallest absolute Gasteiger partial charge is 0.313 e. The predicted molar refractivity (Wildman–Crippen MR) is 97.1 cm³/mol. The molecule has 0 bridgehead atoms. The number of carbonyl (C=O) groups excluding carboxylic acids is 2. The van der Waals surface area contributed by atoms with Crippen molar-refractivity contribution in [2.75, 3.05) is 11.9 Å². The van der Waals surface area contributed by atoms with Gasteiger partial charge >= 0.3 is 11.8 Å². The molecular formula is C19H21FN2O2S. The molecule has 2 aromatic rings. The lowest BCUT2D eigenvalue weighted by Gasteiger charge is -2.36. The van der Waals surface area contributed by atoms with Crippen LogP contribution in [0.1, 0.15) is 37.0 Å². The van der Waals surface area contributed by atoms with Gasteiger partial charge in [-0.1, -0.05) is 25.3 Å². The highest BCUT2D eigenvalue weighted by Gasteiger charge is 2.35. The molecule has 25 heavy (non-hydrogen) atoms. The fourth-order valence-electron chi connectivity index (χ4n) is 3.37. The summed E-state index contributed by atoms with van der Waals surface area (Å²) in [5, 5.41) is 7.33. The molecule has 2 N–H and O–H groups in total. The second-order valence-corrected chi connectivity index (χ2v) is 7.41. The number of hydrogen-bond donors (Lipinski definition) is 2. The Kier molecular flexibility index (Phi) is 5.48. The number of carbonyl (C=O) groups is 2. The summed E-state index contributed by atoms with van der Waals surface area (Å²) in [7, 11) is 0. The lowest BCUT2D eigenvalue weighted by Crippen LogP contribution is -2.45. The standard InChI is InChI=1S/C19H21FN2O2S/c20-14-6-8-15(9-7-14)22-18(24)17(23)21-13-19(10-2-1-3-11-19)16-5-4-12-25-16/h4-9,12H,1-3,10-11,13H2,(H,21,23)(H,22,24). The first-order valence-corrected chi connectivity index (χ1v) is 9.36. The van der Waals surface area contributed by atoms with Crippen LogP contribution in [0.15, 0.2) is 41.8 Å². The van der Waals surface area contributed by atoms with Gasteiger partial charge in [0.15, 0.2) is 0 Å². The maximum atomic E-state index is 12.9. The van der Waals surface area contributed by atoms with Crippen molar-refractivity contribution in [2.45, 2.75) is 37.5 Å². The molecule has 1 heterocycles. The van der Waals surface area contributed by atoms with E-state index in [9.17, 15) is 14.0 Å². The Morgan fingerprint density at radius 3 is 2.40 bits per heavy atom. The first-order chi connectivity index (χ1) is 12.1. The Bertz CT molecular complexity index is 722. The summed E-state index contributed by atoms with van der Waals surface area (Å²) >= 11 is 1.70. The molecule has 1 aliphatic carbocycles. The van der Waals surface area contributed by atoms with Crippen LogP contribution in [0.2, 0.25) is 0 Å². The van der Waals surface area contributed by atoms with E-state index in [2.05, 4.69) is 22.1 Å². The van der Waals surface area contributed by atoms with Crippen LogP contribution in [0.3, 0.4) is 0 Å². The average Bonchev–Trinajstić information content (AvgIpc) is 3.18. The quantitative estimate of drug-likeness (QED) is 0.814. The number of halogens is 1. The summed E-state index contributed by atoms with van der Waals surface area (Å²) in [5.41, 5.74) is 0.324. The third kappa shape index (κ3) is 4.25. The van der Waals surface area contributed by atoms with E-state index in [-0.39, 0.29) is 5.41 Å². The highest BCUT2D eigenvalue weighted by Crippen LogP contribution is 2.41. The van der Waals surface area contributed by atoms with Crippen molar-refractivity contribution in [1.29, 1.82) is 0 Å². The van der Waals surface area contributed by atoms with Gasteiger partial charge in [0.2, 0.25) is 0 Å². The Morgan fingerprint density at radius 2 is 1.76 bits per heavy atom. The van der Waals surface area contributed by atoms with Crippen LogP contribution in [0.25, 0.3) is 0 Å². The molecule has 1 aliphatic rings. The van der Waals surface area contributed by atoms with E-state index in [1.54, 1.807) is 11.3 Å². The molecular weight excluding hydrogens is 339 g/mol. The zero-order valence-corrected chi connectivity index (χ0v) is 14.7. The maximum absolute atomic E-state index is 12.9. The molecule has 1 saturated carbocycles. The van der Waals surface area contributed by atoms with E-state index in [0.717, 1.165) is 25.7 Å². The summed E-state index contributed by atoms with van der Waals surface area (Å²) in [5.74, 6) is -1.78. The van der Waals surface area contributed by atoms with Gasteiger partial charge in [-0.25, -0.2) is 4.39 Å². The van der Waals surface area contributed by atoms with E-state index in [4.69, 9.17) is 0 Å². The van der Waals surface area contributed by atoms with Crippen molar-refractivity contribution >= 4 is 28.8 Å². The first-order valence-electron chi connectivity index (χ1n) is 8.48. The fraction of sp³-hybridized carbons (Fsp3) is 0.368. The number of rotatable bonds is 4. The van der Waals surface area contributed by atoms with Crippen LogP contribution in [0.5, 0.6) is 0 Å². The molecule has 1 aromatic carbocycles. The number of hydrogen-bond acceptors (Lipinski definition) is 3. The van der Waals surface area contributed by atoms with Crippen LogP contribution in [0.4, 0.5) is 10.1 Å². The van der Waals surface area contributed by atoms with E-state index in [1.165, 1.54) is 35.6 Å². The fourth-order valence-corrected chi connectivity index (χ4v) is 4.36. The summed E-state index contributed by atoms with van der Waals surface area (Å²) in [6, 6.07) is 9.46. The SMILES string of the molecule is O=C(NCC1(c2cccs2)CCCCC1)C(=O)Nc1ccc(F)cc1. The van der Waals surface area contributed by atoms with Crippen LogP contribution in [-0.4, -0.2) is 18.4 Å². The van der Waals surface area contributed by atoms with Crippen molar-refractivity contribution in [3.63, 3.8) is 0 Å². The summed E-state index contributed by atoms with van der Waals surface area (Å²) in [4.78, 5) is 25.5. The molecule has 1 aromatic heterocycles. The number of amides is 2. The number of anilines is 1. The normalized spacial score (nSPS) is 16.2. The van der Waals surface area contributed by atoms with Crippen molar-refractivity contribution in [2.24, 2.45) is 0 Å². The molecule has 4 nitrogen and oxygen atoms in total. The molecule has 0 radical (unpaired) electrons. The van der Waals surface area contributed by atoms with Crippen molar-refractivity contribution in [3.8, 4) is 0 Å². The van der Waals surface area contributed by atoms with E-state index >= 15 is 0 Å². The van der Waals surface area contributed by atoms with Gasteiger partial charge in [0.1, 0.15) is 5.82 Å². The third-order valence-electron chi connectivity index (χ3n) is 4.75. The number of nitrogens with one attached hydrogen (secondary N) is 2. The zero-order valence-electron chi connectivity index (χ0n) is 13.9. The lowest BCUT2D eigenvalue weighted by atomic mass is 9.73. The minimum atomic E-state index is -0.733. The third-order valence-corrected chi connectivity index (χ3v) is 5.87. The second kappa shape index (κ2) is 7.78. The van der Waals surface area contributed by atoms with Gasteiger partial charge in [-0.3, -0.25) is 9.59 Å². The molecule has 0 unspecified atom stereocenters. The van der Waals surface area contributed by atoms with Gasteiger partial charge in [-0.15, -0.1) is 11.3 Å². The van der Waals surface area contributed by atoms with Crippen molar-refractivity contribution in [3.05, 3.63) is 52.5 Å². The molecule has 6 heteroatoms. The van der Waals surface area contributed by atoms with E-state index in [1.807, 2.05) is 6.07 Å². The van der Waals surface area contributed by atoms with Crippen molar-refractivity contribution < 1.29 is 14.0 Å². The molecule has 1 fully saturated rings. The lowest BCUT2D eigenvalue weighted by molar-refractivity contribution is -0.136. The summed E-state index contributed by atoms with van der Waals surface area (Å²) in [6.45, 7) is 0.461. The van der Waals surface area contributed by atoms with Gasteiger partial charge in [0, 0.05) is 22.5 Å². The van der Waals surface area contributed by atoms with E-state index in [0.29, 0.717) is 12.2 Å². The molecule has 132 valence electrons. The first kappa shape index (κ1) is 17.6. The van der Waals surface area contributed by atoms with Crippen LogP contribution < -0.4 is 10.6 Å². The minimum Gasteiger partial charge on any atom is -0.347 e. The van der Waals surface area contributed by atoms with E-state index < -0.39 is 17.6 Å². The number of benzene rings is 1. The largest absolute Gasteiger partial charge is 0.347 e. The Balaban J connectivity index is 1.61. The molecule has 0 saturated heterocycles. The minimum absolute atomic E-state index is 0.0712. The Hall–Kier alpha value is -2.21. The Labute approximate surface area is 150 Å². The molecule has 0 atom stereocenters. The zero-order chi connectivity index (χ0) is 17.7. The topological polar surface area (TPSA) is 58.2 Å². The maximum Gasteiger partial charge on any atom is 0.313 e. The number of thiophene rings is 1. The van der Waals surface area contributed by atoms with Gasteiger partial charge in [0.05, 0.1) is 0 Å². The molecule has 0 spiro atoms. The molecule has 0 aliphatic heterocycles. The summed E-state index contributed by atoms with van der Waals surface area (Å²) < 4.78 is 12.9. The average molecular weight is 360 g/mol. The van der Waals surface area contributed by atoms with Crippen LogP contribution >= 0.6 is 11.3 Å².